The summed E-state index contributed by atoms with van der Waals surface area (Å²) in [5, 5.41) is 11.2. The zero-order valence-corrected chi connectivity index (χ0v) is 16.5. The molecular weight excluding hydrogens is 414 g/mol. The summed E-state index contributed by atoms with van der Waals surface area (Å²) in [6.07, 6.45) is -2.62. The largest absolute Gasteiger partial charge is 0.573 e. The number of aryl methyl sites for hydroxylation is 2. The van der Waals surface area contributed by atoms with Crippen molar-refractivity contribution in [3.05, 3.63) is 69.3 Å². The Morgan fingerprint density at radius 3 is 2.54 bits per heavy atom. The van der Waals surface area contributed by atoms with Gasteiger partial charge in [0.15, 0.2) is 0 Å². The third-order valence-corrected chi connectivity index (χ3v) is 5.22. The number of halogens is 5. The monoisotopic (exact) mass is 429 g/mol. The van der Waals surface area contributed by atoms with E-state index in [1.54, 1.807) is 30.7 Å². The standard InChI is InChI=1S/C20H16Cl2F3NO2/c1-10-6-13(28-20(23,24)25)8-17-18(10)12(9-26(17)3)7-15-16(21)5-4-14(11(2)27)19(15)22/h4-6,8-9,27H,2,7H2,1,3H3. The number of ether oxygens (including phenoxy) is 1. The molecule has 0 atom stereocenters. The first kappa shape index (κ1) is 20.4. The van der Waals surface area contributed by atoms with E-state index in [2.05, 4.69) is 11.3 Å². The first-order chi connectivity index (χ1) is 13.0. The molecule has 8 heteroatoms. The van der Waals surface area contributed by atoms with E-state index >= 15 is 0 Å². The number of benzene rings is 2. The topological polar surface area (TPSA) is 34.4 Å². The van der Waals surface area contributed by atoms with Gasteiger partial charge >= 0.3 is 6.36 Å². The normalized spacial score (nSPS) is 11.8. The number of rotatable bonds is 4. The Morgan fingerprint density at radius 1 is 1.25 bits per heavy atom. The summed E-state index contributed by atoms with van der Waals surface area (Å²) in [6, 6.07) is 5.88. The molecular formula is C20H16Cl2F3NO2. The van der Waals surface area contributed by atoms with Crippen LogP contribution in [0.3, 0.4) is 0 Å². The number of hydrogen-bond acceptors (Lipinski definition) is 2. The fourth-order valence-electron chi connectivity index (χ4n) is 3.30. The van der Waals surface area contributed by atoms with Gasteiger partial charge in [-0.15, -0.1) is 13.2 Å². The maximum Gasteiger partial charge on any atom is 0.573 e. The van der Waals surface area contributed by atoms with Crippen LogP contribution in [0.4, 0.5) is 13.2 Å². The van der Waals surface area contributed by atoms with Gasteiger partial charge in [0.2, 0.25) is 0 Å². The lowest BCUT2D eigenvalue weighted by Gasteiger charge is -2.12. The van der Waals surface area contributed by atoms with E-state index in [1.807, 2.05) is 6.20 Å². The van der Waals surface area contributed by atoms with E-state index in [0.717, 1.165) is 10.9 Å². The zero-order valence-electron chi connectivity index (χ0n) is 15.0. The molecule has 0 aliphatic rings. The van der Waals surface area contributed by atoms with Gasteiger partial charge in [0.25, 0.3) is 0 Å². The van der Waals surface area contributed by atoms with Crippen LogP contribution in [0.5, 0.6) is 5.75 Å². The zero-order chi connectivity index (χ0) is 20.8. The van der Waals surface area contributed by atoms with Crippen LogP contribution in [0.25, 0.3) is 16.7 Å². The van der Waals surface area contributed by atoms with Gasteiger partial charge in [-0.25, -0.2) is 0 Å². The fourth-order valence-corrected chi connectivity index (χ4v) is 3.91. The Kier molecular flexibility index (Phi) is 5.30. The predicted molar refractivity (Wildman–Crippen MR) is 105 cm³/mol. The number of nitrogens with zero attached hydrogens (tertiary/aromatic N) is 1. The highest BCUT2D eigenvalue weighted by Crippen LogP contribution is 2.37. The molecule has 3 rings (SSSR count). The van der Waals surface area contributed by atoms with Crippen LogP contribution in [-0.4, -0.2) is 16.0 Å². The van der Waals surface area contributed by atoms with E-state index in [4.69, 9.17) is 23.2 Å². The number of aliphatic hydroxyl groups excluding tert-OH is 1. The van der Waals surface area contributed by atoms with Crippen LogP contribution >= 0.6 is 23.2 Å². The molecule has 0 bridgehead atoms. The Labute approximate surface area is 169 Å². The van der Waals surface area contributed by atoms with Crippen molar-refractivity contribution in [3.63, 3.8) is 0 Å². The Morgan fingerprint density at radius 2 is 1.93 bits per heavy atom. The van der Waals surface area contributed by atoms with Crippen molar-refractivity contribution >= 4 is 39.9 Å². The van der Waals surface area contributed by atoms with Crippen LogP contribution in [-0.2, 0) is 13.5 Å². The van der Waals surface area contributed by atoms with E-state index < -0.39 is 6.36 Å². The van der Waals surface area contributed by atoms with Gasteiger partial charge in [-0.3, -0.25) is 0 Å². The lowest BCUT2D eigenvalue weighted by molar-refractivity contribution is -0.274. The molecule has 3 nitrogen and oxygen atoms in total. The lowest BCUT2D eigenvalue weighted by atomic mass is 9.99. The van der Waals surface area contributed by atoms with E-state index in [1.165, 1.54) is 12.1 Å². The highest BCUT2D eigenvalue weighted by atomic mass is 35.5. The Hall–Kier alpha value is -2.31. The number of fused-ring (bicyclic) bond motifs is 1. The molecule has 148 valence electrons. The van der Waals surface area contributed by atoms with Crippen molar-refractivity contribution in [1.82, 2.24) is 4.57 Å². The van der Waals surface area contributed by atoms with Crippen LogP contribution in [0.1, 0.15) is 22.3 Å². The number of aliphatic hydroxyl groups is 1. The number of aromatic nitrogens is 1. The maximum absolute atomic E-state index is 12.6. The summed E-state index contributed by atoms with van der Waals surface area (Å²) >= 11 is 12.7. The summed E-state index contributed by atoms with van der Waals surface area (Å²) in [5.74, 6) is -0.453. The van der Waals surface area contributed by atoms with Crippen molar-refractivity contribution in [2.75, 3.05) is 0 Å². The minimum absolute atomic E-state index is 0.175. The molecule has 0 unspecified atom stereocenters. The third-order valence-electron chi connectivity index (χ3n) is 4.44. The average molecular weight is 430 g/mol. The van der Waals surface area contributed by atoms with Crippen molar-refractivity contribution in [3.8, 4) is 5.75 Å². The van der Waals surface area contributed by atoms with Crippen LogP contribution in [0.2, 0.25) is 10.0 Å². The molecule has 0 spiro atoms. The molecule has 28 heavy (non-hydrogen) atoms. The summed E-state index contributed by atoms with van der Waals surface area (Å²) in [7, 11) is 1.73. The molecule has 1 aromatic heterocycles. The Balaban J connectivity index is 2.11. The molecule has 2 aromatic carbocycles. The van der Waals surface area contributed by atoms with Gasteiger partial charge in [-0.1, -0.05) is 29.8 Å². The average Bonchev–Trinajstić information content (AvgIpc) is 2.86. The first-order valence-corrected chi connectivity index (χ1v) is 8.93. The van der Waals surface area contributed by atoms with Gasteiger partial charge in [0.1, 0.15) is 11.5 Å². The SMILES string of the molecule is C=C(O)c1ccc(Cl)c(Cc2cn(C)c3cc(OC(F)(F)F)cc(C)c23)c1Cl. The first-order valence-electron chi connectivity index (χ1n) is 8.17. The van der Waals surface area contributed by atoms with Crippen LogP contribution in [0, 0.1) is 6.92 Å². The second-order valence-corrected chi connectivity index (χ2v) is 7.24. The highest BCUT2D eigenvalue weighted by Gasteiger charge is 2.31. The molecule has 0 aliphatic carbocycles. The maximum atomic E-state index is 12.6. The van der Waals surface area contributed by atoms with E-state index in [0.29, 0.717) is 33.7 Å². The minimum atomic E-state index is -4.76. The summed E-state index contributed by atoms with van der Waals surface area (Å²) in [6.45, 7) is 5.20. The second kappa shape index (κ2) is 7.26. The van der Waals surface area contributed by atoms with Gasteiger partial charge in [0.05, 0.1) is 10.5 Å². The van der Waals surface area contributed by atoms with E-state index in [-0.39, 0.29) is 16.5 Å². The van der Waals surface area contributed by atoms with Gasteiger partial charge in [-0.2, -0.15) is 0 Å². The highest BCUT2D eigenvalue weighted by molar-refractivity contribution is 6.37. The molecule has 1 heterocycles. The summed E-state index contributed by atoms with van der Waals surface area (Å²) in [5.41, 5.74) is 3.02. The van der Waals surface area contributed by atoms with Gasteiger partial charge < -0.3 is 14.4 Å². The fraction of sp³-hybridized carbons (Fsp3) is 0.200. The number of alkyl halides is 3. The summed E-state index contributed by atoms with van der Waals surface area (Å²) in [4.78, 5) is 0. The molecule has 0 fully saturated rings. The Bertz CT molecular complexity index is 1090. The van der Waals surface area contributed by atoms with Crippen molar-refractivity contribution in [2.24, 2.45) is 7.05 Å². The third kappa shape index (κ3) is 3.93. The molecule has 3 aromatic rings. The molecule has 0 saturated heterocycles. The molecule has 0 aliphatic heterocycles. The second-order valence-electron chi connectivity index (χ2n) is 6.46. The predicted octanol–water partition coefficient (Wildman–Crippen LogP) is 6.81. The van der Waals surface area contributed by atoms with Crippen molar-refractivity contribution in [2.45, 2.75) is 19.7 Å². The van der Waals surface area contributed by atoms with Crippen LogP contribution < -0.4 is 4.74 Å². The molecule has 0 amide bonds. The molecule has 0 saturated carbocycles. The molecule has 1 N–H and O–H groups in total. The quantitative estimate of drug-likeness (QED) is 0.462. The number of hydrogen-bond donors (Lipinski definition) is 1. The molecule has 0 radical (unpaired) electrons. The minimum Gasteiger partial charge on any atom is -0.508 e. The van der Waals surface area contributed by atoms with Gasteiger partial charge in [0, 0.05) is 41.7 Å². The smallest absolute Gasteiger partial charge is 0.508 e. The lowest BCUT2D eigenvalue weighted by Crippen LogP contribution is -2.17. The van der Waals surface area contributed by atoms with Gasteiger partial charge in [-0.05, 0) is 41.8 Å². The van der Waals surface area contributed by atoms with Crippen molar-refractivity contribution < 1.29 is 23.0 Å². The van der Waals surface area contributed by atoms with Crippen molar-refractivity contribution in [1.29, 1.82) is 0 Å². The van der Waals surface area contributed by atoms with Crippen LogP contribution in [0.15, 0.2) is 37.0 Å². The van der Waals surface area contributed by atoms with E-state index in [9.17, 15) is 18.3 Å². The summed E-state index contributed by atoms with van der Waals surface area (Å²) < 4.78 is 43.5.